The van der Waals surface area contributed by atoms with Crippen molar-refractivity contribution in [2.24, 2.45) is 0 Å². The van der Waals surface area contributed by atoms with Gasteiger partial charge in [0, 0.05) is 18.4 Å². The molecule has 1 aromatic carbocycles. The van der Waals surface area contributed by atoms with Crippen LogP contribution in [0.1, 0.15) is 29.3 Å². The fraction of sp³-hybridized carbons (Fsp3) is 0.278. The lowest BCUT2D eigenvalue weighted by Gasteiger charge is -2.12. The van der Waals surface area contributed by atoms with E-state index in [9.17, 15) is 4.79 Å². The molecule has 118 valence electrons. The van der Waals surface area contributed by atoms with Gasteiger partial charge in [0.2, 0.25) is 5.91 Å². The number of benzene rings is 1. The van der Waals surface area contributed by atoms with Crippen LogP contribution in [0.3, 0.4) is 0 Å². The molecule has 2 heterocycles. The number of nitrogens with one attached hydrogen (secondary N) is 1. The van der Waals surface area contributed by atoms with Crippen molar-refractivity contribution in [1.29, 1.82) is 0 Å². The lowest BCUT2D eigenvalue weighted by molar-refractivity contribution is -0.114. The van der Waals surface area contributed by atoms with Crippen molar-refractivity contribution in [3.05, 3.63) is 46.6 Å². The summed E-state index contributed by atoms with van der Waals surface area (Å²) >= 11 is 0. The largest absolute Gasteiger partial charge is 0.311 e. The number of aryl methyl sites for hydroxylation is 4. The Hall–Kier alpha value is -2.69. The Bertz CT molecular complexity index is 924. The summed E-state index contributed by atoms with van der Waals surface area (Å²) in [6.07, 6.45) is 0. The van der Waals surface area contributed by atoms with E-state index >= 15 is 0 Å². The third-order valence-corrected chi connectivity index (χ3v) is 3.79. The van der Waals surface area contributed by atoms with Crippen LogP contribution in [0.2, 0.25) is 0 Å². The number of nitrogens with zero attached hydrogens (tertiary/aromatic N) is 3. The molecule has 0 saturated heterocycles. The first-order valence-electron chi connectivity index (χ1n) is 7.58. The Morgan fingerprint density at radius 1 is 1.04 bits per heavy atom. The molecular formula is C18H20N4O. The summed E-state index contributed by atoms with van der Waals surface area (Å²) in [6.45, 7) is 9.60. The van der Waals surface area contributed by atoms with Crippen LogP contribution in [0.25, 0.3) is 16.7 Å². The predicted molar refractivity (Wildman–Crippen MR) is 92.1 cm³/mol. The summed E-state index contributed by atoms with van der Waals surface area (Å²) in [7, 11) is 0. The number of aromatic nitrogens is 3. The molecule has 1 N–H and O–H groups in total. The second-order valence-corrected chi connectivity index (χ2v) is 6.04. The number of hydrogen-bond donors (Lipinski definition) is 1. The van der Waals surface area contributed by atoms with Crippen LogP contribution in [-0.4, -0.2) is 20.7 Å². The summed E-state index contributed by atoms with van der Waals surface area (Å²) in [6, 6.07) is 8.11. The molecule has 0 radical (unpaired) electrons. The monoisotopic (exact) mass is 308 g/mol. The van der Waals surface area contributed by atoms with Crippen LogP contribution >= 0.6 is 0 Å². The third kappa shape index (κ3) is 2.82. The highest BCUT2D eigenvalue weighted by atomic mass is 16.1. The lowest BCUT2D eigenvalue weighted by atomic mass is 10.0. The number of anilines is 1. The number of fused-ring (bicyclic) bond motifs is 1. The first-order chi connectivity index (χ1) is 10.8. The number of rotatable bonds is 2. The SMILES string of the molecule is CC(=O)Nc1cc(C)nn1-c1cc(C)c2cc(C)cc(C)c2n1. The summed E-state index contributed by atoms with van der Waals surface area (Å²) in [5.41, 5.74) is 5.29. The van der Waals surface area contributed by atoms with Crippen molar-refractivity contribution in [1.82, 2.24) is 14.8 Å². The maximum absolute atomic E-state index is 11.4. The second kappa shape index (κ2) is 5.50. The molecule has 0 aliphatic heterocycles. The topological polar surface area (TPSA) is 59.8 Å². The van der Waals surface area contributed by atoms with E-state index in [1.54, 1.807) is 4.68 Å². The number of carbonyl (C=O) groups is 1. The average molecular weight is 308 g/mol. The van der Waals surface area contributed by atoms with Crippen LogP contribution in [-0.2, 0) is 4.79 Å². The molecule has 0 spiro atoms. The van der Waals surface area contributed by atoms with Gasteiger partial charge in [-0.05, 0) is 51.0 Å². The number of pyridine rings is 1. The molecule has 0 fully saturated rings. The third-order valence-electron chi connectivity index (χ3n) is 3.79. The highest BCUT2D eigenvalue weighted by Gasteiger charge is 2.13. The molecule has 3 rings (SSSR count). The van der Waals surface area contributed by atoms with Gasteiger partial charge in [0.25, 0.3) is 0 Å². The predicted octanol–water partition coefficient (Wildman–Crippen LogP) is 3.61. The van der Waals surface area contributed by atoms with E-state index in [0.717, 1.165) is 27.7 Å². The van der Waals surface area contributed by atoms with Crippen molar-refractivity contribution in [2.75, 3.05) is 5.32 Å². The number of amides is 1. The molecule has 0 aliphatic rings. The first kappa shape index (κ1) is 15.2. The summed E-state index contributed by atoms with van der Waals surface area (Å²) < 4.78 is 1.68. The lowest BCUT2D eigenvalue weighted by Crippen LogP contribution is -2.12. The summed E-state index contributed by atoms with van der Waals surface area (Å²) in [5.74, 6) is 1.21. The maximum Gasteiger partial charge on any atom is 0.222 e. The zero-order valence-electron chi connectivity index (χ0n) is 14.1. The second-order valence-electron chi connectivity index (χ2n) is 6.04. The zero-order valence-corrected chi connectivity index (χ0v) is 14.1. The molecule has 3 aromatic rings. The Balaban J connectivity index is 2.24. The number of carbonyl (C=O) groups excluding carboxylic acids is 1. The minimum absolute atomic E-state index is 0.129. The van der Waals surface area contributed by atoms with Gasteiger partial charge in [0.1, 0.15) is 5.82 Å². The van der Waals surface area contributed by atoms with Crippen LogP contribution in [0.5, 0.6) is 0 Å². The molecule has 0 atom stereocenters. The minimum atomic E-state index is -0.129. The van der Waals surface area contributed by atoms with Gasteiger partial charge in [-0.1, -0.05) is 11.6 Å². The van der Waals surface area contributed by atoms with Gasteiger partial charge in [-0.25, -0.2) is 4.98 Å². The molecule has 1 amide bonds. The van der Waals surface area contributed by atoms with E-state index in [-0.39, 0.29) is 5.91 Å². The Morgan fingerprint density at radius 3 is 2.48 bits per heavy atom. The standard InChI is InChI=1S/C18H20N4O/c1-10-6-12(3)18-15(7-10)11(2)8-16(20-18)22-17(19-14(5)23)9-13(4)21-22/h6-9H,1-5H3,(H,19,23). The van der Waals surface area contributed by atoms with Gasteiger partial charge >= 0.3 is 0 Å². The molecule has 0 bridgehead atoms. The smallest absolute Gasteiger partial charge is 0.222 e. The highest BCUT2D eigenvalue weighted by molar-refractivity contribution is 5.89. The fourth-order valence-electron chi connectivity index (χ4n) is 2.88. The molecular weight excluding hydrogens is 288 g/mol. The molecule has 0 unspecified atom stereocenters. The Morgan fingerprint density at radius 2 is 1.78 bits per heavy atom. The molecule has 5 nitrogen and oxygen atoms in total. The van der Waals surface area contributed by atoms with E-state index in [4.69, 9.17) is 4.98 Å². The Labute approximate surface area is 135 Å². The molecule has 5 heteroatoms. The van der Waals surface area contributed by atoms with E-state index in [1.165, 1.54) is 12.5 Å². The normalized spacial score (nSPS) is 11.0. The van der Waals surface area contributed by atoms with Crippen molar-refractivity contribution >= 4 is 22.6 Å². The zero-order chi connectivity index (χ0) is 16.7. The van der Waals surface area contributed by atoms with E-state index in [1.807, 2.05) is 19.1 Å². The molecule has 0 aliphatic carbocycles. The van der Waals surface area contributed by atoms with E-state index in [2.05, 4.69) is 43.3 Å². The van der Waals surface area contributed by atoms with Crippen molar-refractivity contribution < 1.29 is 4.79 Å². The van der Waals surface area contributed by atoms with Crippen LogP contribution in [0, 0.1) is 27.7 Å². The van der Waals surface area contributed by atoms with Gasteiger partial charge in [-0.15, -0.1) is 0 Å². The maximum atomic E-state index is 11.4. The van der Waals surface area contributed by atoms with Crippen molar-refractivity contribution in [3.8, 4) is 5.82 Å². The van der Waals surface area contributed by atoms with Crippen molar-refractivity contribution in [3.63, 3.8) is 0 Å². The number of hydrogen-bond acceptors (Lipinski definition) is 3. The average Bonchev–Trinajstić information content (AvgIpc) is 2.79. The summed E-state index contributed by atoms with van der Waals surface area (Å²) in [4.78, 5) is 16.2. The minimum Gasteiger partial charge on any atom is -0.311 e. The summed E-state index contributed by atoms with van der Waals surface area (Å²) in [5, 5.41) is 8.42. The van der Waals surface area contributed by atoms with E-state index in [0.29, 0.717) is 11.6 Å². The van der Waals surface area contributed by atoms with Gasteiger partial charge in [0.15, 0.2) is 5.82 Å². The molecule has 0 saturated carbocycles. The quantitative estimate of drug-likeness (QED) is 0.786. The van der Waals surface area contributed by atoms with Gasteiger partial charge in [-0.2, -0.15) is 9.78 Å². The first-order valence-corrected chi connectivity index (χ1v) is 7.58. The van der Waals surface area contributed by atoms with Gasteiger partial charge < -0.3 is 5.32 Å². The van der Waals surface area contributed by atoms with Crippen molar-refractivity contribution in [2.45, 2.75) is 34.6 Å². The van der Waals surface area contributed by atoms with Crippen LogP contribution in [0.15, 0.2) is 24.3 Å². The van der Waals surface area contributed by atoms with Crippen LogP contribution < -0.4 is 5.32 Å². The molecule has 23 heavy (non-hydrogen) atoms. The Kier molecular flexibility index (Phi) is 3.64. The van der Waals surface area contributed by atoms with Crippen LogP contribution in [0.4, 0.5) is 5.82 Å². The molecule has 2 aromatic heterocycles. The van der Waals surface area contributed by atoms with Gasteiger partial charge in [-0.3, -0.25) is 4.79 Å². The highest BCUT2D eigenvalue weighted by Crippen LogP contribution is 2.25. The van der Waals surface area contributed by atoms with E-state index < -0.39 is 0 Å². The fourth-order valence-corrected chi connectivity index (χ4v) is 2.88. The van der Waals surface area contributed by atoms with Gasteiger partial charge in [0.05, 0.1) is 11.2 Å².